The zero-order valence-electron chi connectivity index (χ0n) is 9.42. The normalized spacial score (nSPS) is 21.3. The van der Waals surface area contributed by atoms with E-state index in [-0.39, 0.29) is 5.41 Å². The van der Waals surface area contributed by atoms with Crippen LogP contribution in [-0.4, -0.2) is 6.29 Å². The molecule has 0 heterocycles. The van der Waals surface area contributed by atoms with E-state index in [1.165, 1.54) is 11.1 Å². The fraction of sp³-hybridized carbons (Fsp3) is 0.462. The molecule has 0 atom stereocenters. The lowest BCUT2D eigenvalue weighted by Crippen LogP contribution is -2.19. The first-order valence-electron chi connectivity index (χ1n) is 5.02. The number of carbonyl (C=O) groups excluding carboxylic acids is 1. The first kappa shape index (κ1) is 11.0. The summed E-state index contributed by atoms with van der Waals surface area (Å²) in [6.07, 6.45) is 8.14. The summed E-state index contributed by atoms with van der Waals surface area (Å²) < 4.78 is 0. The van der Waals surface area contributed by atoms with E-state index in [9.17, 15) is 4.79 Å². The van der Waals surface area contributed by atoms with Crippen molar-refractivity contribution in [3.05, 3.63) is 34.9 Å². The topological polar surface area (TPSA) is 17.1 Å². The van der Waals surface area contributed by atoms with E-state index in [0.717, 1.165) is 18.3 Å². The van der Waals surface area contributed by atoms with Gasteiger partial charge < -0.3 is 0 Å². The molecule has 0 bridgehead atoms. The maximum atomic E-state index is 10.9. The maximum absolute atomic E-state index is 10.9. The van der Waals surface area contributed by atoms with Crippen molar-refractivity contribution in [3.63, 3.8) is 0 Å². The van der Waals surface area contributed by atoms with Crippen molar-refractivity contribution >= 4 is 6.29 Å². The van der Waals surface area contributed by atoms with Gasteiger partial charge in [-0.15, -0.1) is 0 Å². The molecule has 0 saturated heterocycles. The lowest BCUT2D eigenvalue weighted by molar-refractivity contribution is -0.104. The summed E-state index contributed by atoms with van der Waals surface area (Å²) in [5.74, 6) is 0. The highest BCUT2D eigenvalue weighted by Gasteiger charge is 2.27. The third kappa shape index (κ3) is 1.87. The highest BCUT2D eigenvalue weighted by molar-refractivity contribution is 5.81. The van der Waals surface area contributed by atoms with Crippen LogP contribution in [0.15, 0.2) is 34.9 Å². The highest BCUT2D eigenvalue weighted by Crippen LogP contribution is 2.40. The molecule has 0 aromatic rings. The Morgan fingerprint density at radius 3 is 2.57 bits per heavy atom. The van der Waals surface area contributed by atoms with E-state index in [1.54, 1.807) is 0 Å². The molecule has 0 spiro atoms. The van der Waals surface area contributed by atoms with Gasteiger partial charge in [-0.25, -0.2) is 0 Å². The third-order valence-electron chi connectivity index (χ3n) is 2.79. The van der Waals surface area contributed by atoms with Gasteiger partial charge in [0.1, 0.15) is 6.29 Å². The third-order valence-corrected chi connectivity index (χ3v) is 2.79. The lowest BCUT2D eigenvalue weighted by atomic mass is 9.73. The van der Waals surface area contributed by atoms with Crippen molar-refractivity contribution in [2.75, 3.05) is 0 Å². The van der Waals surface area contributed by atoms with Gasteiger partial charge >= 0.3 is 0 Å². The minimum atomic E-state index is 0.0849. The second-order valence-electron chi connectivity index (χ2n) is 4.41. The quantitative estimate of drug-likeness (QED) is 0.481. The Kier molecular flexibility index (Phi) is 3.10. The van der Waals surface area contributed by atoms with E-state index in [4.69, 9.17) is 0 Å². The summed E-state index contributed by atoms with van der Waals surface area (Å²) in [6.45, 7) is 8.35. The van der Waals surface area contributed by atoms with E-state index in [1.807, 2.05) is 13.0 Å². The molecule has 0 unspecified atom stereocenters. The molecular formula is C13H18O. The monoisotopic (exact) mass is 190 g/mol. The Labute approximate surface area is 86.2 Å². The standard InChI is InChI=1S/C13H18O/c1-5-11(9-14)12-10(2)7-6-8-13(12,3)4/h5-7,9H,8H2,1-4H3. The molecular weight excluding hydrogens is 172 g/mol. The van der Waals surface area contributed by atoms with Crippen molar-refractivity contribution in [2.24, 2.45) is 5.41 Å². The number of hydrogen-bond acceptors (Lipinski definition) is 1. The fourth-order valence-electron chi connectivity index (χ4n) is 2.14. The average molecular weight is 190 g/mol. The minimum absolute atomic E-state index is 0.0849. The van der Waals surface area contributed by atoms with Gasteiger partial charge in [0.05, 0.1) is 0 Å². The smallest absolute Gasteiger partial charge is 0.150 e. The number of aldehydes is 1. The zero-order chi connectivity index (χ0) is 10.8. The van der Waals surface area contributed by atoms with Gasteiger partial charge in [-0.1, -0.05) is 32.1 Å². The molecule has 0 saturated carbocycles. The van der Waals surface area contributed by atoms with Crippen molar-refractivity contribution in [1.29, 1.82) is 0 Å². The molecule has 1 aliphatic carbocycles. The predicted molar refractivity (Wildman–Crippen MR) is 60.1 cm³/mol. The van der Waals surface area contributed by atoms with Crippen LogP contribution in [0, 0.1) is 5.41 Å². The van der Waals surface area contributed by atoms with Crippen LogP contribution in [0.2, 0.25) is 0 Å². The second-order valence-corrected chi connectivity index (χ2v) is 4.41. The van der Waals surface area contributed by atoms with Gasteiger partial charge in [-0.3, -0.25) is 4.79 Å². The van der Waals surface area contributed by atoms with E-state index < -0.39 is 0 Å². The summed E-state index contributed by atoms with van der Waals surface area (Å²) in [5, 5.41) is 0. The Morgan fingerprint density at radius 2 is 2.14 bits per heavy atom. The summed E-state index contributed by atoms with van der Waals surface area (Å²) in [4.78, 5) is 10.9. The van der Waals surface area contributed by atoms with Gasteiger partial charge in [0.2, 0.25) is 0 Å². The summed E-state index contributed by atoms with van der Waals surface area (Å²) >= 11 is 0. The van der Waals surface area contributed by atoms with E-state index >= 15 is 0 Å². The van der Waals surface area contributed by atoms with Crippen molar-refractivity contribution in [3.8, 4) is 0 Å². The molecule has 1 heteroatoms. The van der Waals surface area contributed by atoms with Crippen molar-refractivity contribution < 1.29 is 4.79 Å². The molecule has 0 aromatic carbocycles. The van der Waals surface area contributed by atoms with Crippen molar-refractivity contribution in [1.82, 2.24) is 0 Å². The Morgan fingerprint density at radius 1 is 1.50 bits per heavy atom. The first-order chi connectivity index (χ1) is 6.53. The van der Waals surface area contributed by atoms with Crippen molar-refractivity contribution in [2.45, 2.75) is 34.1 Å². The molecule has 0 N–H and O–H groups in total. The van der Waals surface area contributed by atoms with Gasteiger partial charge in [0.25, 0.3) is 0 Å². The Balaban J connectivity index is 3.26. The van der Waals surface area contributed by atoms with Crippen LogP contribution in [0.1, 0.15) is 34.1 Å². The van der Waals surface area contributed by atoms with Crippen LogP contribution in [0.5, 0.6) is 0 Å². The number of rotatable bonds is 2. The molecule has 0 radical (unpaired) electrons. The maximum Gasteiger partial charge on any atom is 0.150 e. The van der Waals surface area contributed by atoms with Crippen LogP contribution in [0.25, 0.3) is 0 Å². The Bertz CT molecular complexity index is 327. The van der Waals surface area contributed by atoms with E-state index in [2.05, 4.69) is 32.9 Å². The zero-order valence-corrected chi connectivity index (χ0v) is 9.42. The molecule has 0 aromatic heterocycles. The number of allylic oxidation sites excluding steroid dienone is 6. The highest BCUT2D eigenvalue weighted by atomic mass is 16.1. The minimum Gasteiger partial charge on any atom is -0.298 e. The number of hydrogen-bond donors (Lipinski definition) is 0. The summed E-state index contributed by atoms with van der Waals surface area (Å²) in [6, 6.07) is 0. The number of carbonyl (C=O) groups is 1. The first-order valence-corrected chi connectivity index (χ1v) is 5.02. The van der Waals surface area contributed by atoms with Crippen LogP contribution in [0.4, 0.5) is 0 Å². The molecule has 76 valence electrons. The van der Waals surface area contributed by atoms with Gasteiger partial charge in [-0.2, -0.15) is 0 Å². The summed E-state index contributed by atoms with van der Waals surface area (Å²) in [5.41, 5.74) is 3.32. The summed E-state index contributed by atoms with van der Waals surface area (Å²) in [7, 11) is 0. The molecule has 0 aliphatic heterocycles. The molecule has 1 nitrogen and oxygen atoms in total. The molecule has 14 heavy (non-hydrogen) atoms. The average Bonchev–Trinajstić information content (AvgIpc) is 2.11. The Hall–Kier alpha value is -1.11. The molecule has 1 aliphatic rings. The molecule has 0 amide bonds. The van der Waals surface area contributed by atoms with Crippen LogP contribution in [0.3, 0.4) is 0 Å². The largest absolute Gasteiger partial charge is 0.298 e. The van der Waals surface area contributed by atoms with Gasteiger partial charge in [0.15, 0.2) is 0 Å². The van der Waals surface area contributed by atoms with Crippen LogP contribution < -0.4 is 0 Å². The molecule has 1 rings (SSSR count). The molecule has 0 fully saturated rings. The van der Waals surface area contributed by atoms with Gasteiger partial charge in [0, 0.05) is 5.57 Å². The van der Waals surface area contributed by atoms with Crippen LogP contribution in [-0.2, 0) is 4.79 Å². The second kappa shape index (κ2) is 3.95. The SMILES string of the molecule is CC=C(C=O)C1=C(C)C=CCC1(C)C. The van der Waals surface area contributed by atoms with Gasteiger partial charge in [-0.05, 0) is 36.8 Å². The van der Waals surface area contributed by atoms with E-state index in [0.29, 0.717) is 0 Å². The fourth-order valence-corrected chi connectivity index (χ4v) is 2.14. The van der Waals surface area contributed by atoms with Crippen LogP contribution >= 0.6 is 0 Å². The lowest BCUT2D eigenvalue weighted by Gasteiger charge is -2.31. The predicted octanol–water partition coefficient (Wildman–Crippen LogP) is 3.43.